The summed E-state index contributed by atoms with van der Waals surface area (Å²) < 4.78 is 4.48. The molecular weight excluding hydrogens is 234 g/mol. The number of aryl methyl sites for hydroxylation is 3. The van der Waals surface area contributed by atoms with Crippen molar-refractivity contribution in [2.75, 3.05) is 0 Å². The van der Waals surface area contributed by atoms with Crippen LogP contribution in [0.25, 0.3) is 5.82 Å². The molecule has 0 spiro atoms. The molecule has 0 N–H and O–H groups in total. The number of nitrogens with zero attached hydrogens (tertiary/aromatic N) is 3. The molecule has 2 rings (SSSR count). The van der Waals surface area contributed by atoms with Crippen LogP contribution in [0.3, 0.4) is 0 Å². The van der Waals surface area contributed by atoms with Crippen molar-refractivity contribution in [2.24, 2.45) is 7.05 Å². The lowest BCUT2D eigenvalue weighted by atomic mass is 9.90. The molecule has 0 aliphatic carbocycles. The summed E-state index contributed by atoms with van der Waals surface area (Å²) >= 11 is 0. The molecule has 0 unspecified atom stereocenters. The molecule has 0 saturated carbocycles. The van der Waals surface area contributed by atoms with Crippen LogP contribution >= 0.6 is 0 Å². The molecular formula is C16H24N3+. The first-order chi connectivity index (χ1) is 8.71. The smallest absolute Gasteiger partial charge is 0.233 e. The summed E-state index contributed by atoms with van der Waals surface area (Å²) in [4.78, 5) is 4.40. The molecule has 102 valence electrons. The topological polar surface area (TPSA) is 21.7 Å². The fourth-order valence-electron chi connectivity index (χ4n) is 2.62. The van der Waals surface area contributed by atoms with Crippen molar-refractivity contribution in [3.05, 3.63) is 41.1 Å². The van der Waals surface area contributed by atoms with Gasteiger partial charge >= 0.3 is 0 Å². The molecule has 2 aromatic rings. The van der Waals surface area contributed by atoms with Crippen molar-refractivity contribution < 1.29 is 4.57 Å². The van der Waals surface area contributed by atoms with Gasteiger partial charge in [0.1, 0.15) is 11.4 Å². The number of rotatable bonds is 1. The number of hydrogen-bond donors (Lipinski definition) is 0. The highest BCUT2D eigenvalue weighted by Crippen LogP contribution is 2.22. The zero-order valence-electron chi connectivity index (χ0n) is 13.1. The molecule has 3 heteroatoms. The Kier molecular flexibility index (Phi) is 3.25. The first kappa shape index (κ1) is 13.8. The van der Waals surface area contributed by atoms with Crippen LogP contribution in [0.5, 0.6) is 0 Å². The Morgan fingerprint density at radius 3 is 2.21 bits per heavy atom. The van der Waals surface area contributed by atoms with E-state index in [2.05, 4.69) is 67.9 Å². The van der Waals surface area contributed by atoms with Gasteiger partial charge in [-0.15, -0.1) is 0 Å². The van der Waals surface area contributed by atoms with E-state index in [9.17, 15) is 0 Å². The zero-order valence-corrected chi connectivity index (χ0v) is 13.1. The van der Waals surface area contributed by atoms with Gasteiger partial charge in [0, 0.05) is 18.4 Å². The predicted molar refractivity (Wildman–Crippen MR) is 77.7 cm³/mol. The second kappa shape index (κ2) is 4.48. The van der Waals surface area contributed by atoms with Crippen LogP contribution in [0, 0.1) is 20.8 Å². The highest BCUT2D eigenvalue weighted by molar-refractivity contribution is 5.30. The van der Waals surface area contributed by atoms with Crippen molar-refractivity contribution in [3.8, 4) is 5.82 Å². The van der Waals surface area contributed by atoms with Gasteiger partial charge in [-0.3, -0.25) is 0 Å². The third-order valence-electron chi connectivity index (χ3n) is 3.54. The third kappa shape index (κ3) is 2.42. The van der Waals surface area contributed by atoms with Crippen molar-refractivity contribution in [2.45, 2.75) is 47.0 Å². The van der Waals surface area contributed by atoms with E-state index in [0.29, 0.717) is 0 Å². The minimum atomic E-state index is 0.123. The Hall–Kier alpha value is -1.64. The number of aromatic nitrogens is 3. The fraction of sp³-hybridized carbons (Fsp3) is 0.500. The summed E-state index contributed by atoms with van der Waals surface area (Å²) in [6.45, 7) is 13.0. The molecule has 0 saturated heterocycles. The monoisotopic (exact) mass is 258 g/mol. The lowest BCUT2D eigenvalue weighted by molar-refractivity contribution is -0.676. The molecule has 0 amide bonds. The van der Waals surface area contributed by atoms with E-state index < -0.39 is 0 Å². The van der Waals surface area contributed by atoms with Crippen LogP contribution in [-0.4, -0.2) is 9.55 Å². The van der Waals surface area contributed by atoms with Crippen LogP contribution in [0.2, 0.25) is 0 Å². The molecule has 3 nitrogen and oxygen atoms in total. The fourth-order valence-corrected chi connectivity index (χ4v) is 2.62. The molecule has 0 radical (unpaired) electrons. The molecule has 2 aromatic heterocycles. The Balaban J connectivity index is 2.76. The quantitative estimate of drug-likeness (QED) is 0.721. The minimum Gasteiger partial charge on any atom is -0.233 e. The summed E-state index contributed by atoms with van der Waals surface area (Å²) in [5.41, 5.74) is 3.90. The average molecular weight is 258 g/mol. The Bertz CT molecular complexity index is 596. The Morgan fingerprint density at radius 1 is 1.11 bits per heavy atom. The molecule has 0 bridgehead atoms. The minimum absolute atomic E-state index is 0.123. The first-order valence-electron chi connectivity index (χ1n) is 6.74. The van der Waals surface area contributed by atoms with E-state index in [4.69, 9.17) is 0 Å². The largest absolute Gasteiger partial charge is 0.287 e. The summed E-state index contributed by atoms with van der Waals surface area (Å²) in [5, 5.41) is 0. The van der Waals surface area contributed by atoms with Crippen LogP contribution in [-0.2, 0) is 12.5 Å². The highest BCUT2D eigenvalue weighted by atomic mass is 15.2. The van der Waals surface area contributed by atoms with Gasteiger partial charge in [0.25, 0.3) is 5.82 Å². The van der Waals surface area contributed by atoms with Crippen LogP contribution < -0.4 is 4.57 Å². The van der Waals surface area contributed by atoms with Crippen LogP contribution in [0.4, 0.5) is 0 Å². The molecule has 2 heterocycles. The average Bonchev–Trinajstić information content (AvgIpc) is 2.60. The maximum Gasteiger partial charge on any atom is 0.287 e. The summed E-state index contributed by atoms with van der Waals surface area (Å²) in [6.07, 6.45) is 1.93. The maximum absolute atomic E-state index is 4.40. The van der Waals surface area contributed by atoms with Gasteiger partial charge in [0.05, 0.1) is 13.2 Å². The maximum atomic E-state index is 4.40. The molecule has 0 aliphatic heterocycles. The van der Waals surface area contributed by atoms with Gasteiger partial charge < -0.3 is 0 Å². The van der Waals surface area contributed by atoms with E-state index in [1.165, 1.54) is 22.8 Å². The molecule has 19 heavy (non-hydrogen) atoms. The lowest BCUT2D eigenvalue weighted by Crippen LogP contribution is -2.43. The standard InChI is InChI=1S/C16H24N3/c1-11-8-14(16(4,5)6)18(7)15(9-11)19-12(2)10-17-13(19)3/h8-10H,1-7H3/q+1. The first-order valence-corrected chi connectivity index (χ1v) is 6.74. The van der Waals surface area contributed by atoms with Gasteiger partial charge in [-0.05, 0) is 25.5 Å². The summed E-state index contributed by atoms with van der Waals surface area (Å²) in [6, 6.07) is 4.49. The van der Waals surface area contributed by atoms with E-state index in [1.54, 1.807) is 0 Å². The Morgan fingerprint density at radius 2 is 1.74 bits per heavy atom. The number of imidazole rings is 1. The van der Waals surface area contributed by atoms with Gasteiger partial charge in [-0.2, -0.15) is 4.57 Å². The van der Waals surface area contributed by atoms with Crippen LogP contribution in [0.15, 0.2) is 18.3 Å². The van der Waals surface area contributed by atoms with Gasteiger partial charge in [-0.1, -0.05) is 20.8 Å². The van der Waals surface area contributed by atoms with E-state index in [-0.39, 0.29) is 5.41 Å². The van der Waals surface area contributed by atoms with Crippen molar-refractivity contribution >= 4 is 0 Å². The second-order valence-corrected chi connectivity index (χ2v) is 6.37. The Labute approximate surface area is 115 Å². The number of pyridine rings is 1. The predicted octanol–water partition coefficient (Wildman–Crippen LogP) is 2.92. The van der Waals surface area contributed by atoms with Crippen LogP contribution in [0.1, 0.15) is 43.5 Å². The SMILES string of the molecule is Cc1cc(-n2c(C)cnc2C)[n+](C)c(C(C)(C)C)c1. The second-order valence-electron chi connectivity index (χ2n) is 6.37. The third-order valence-corrected chi connectivity index (χ3v) is 3.54. The van der Waals surface area contributed by atoms with E-state index >= 15 is 0 Å². The lowest BCUT2D eigenvalue weighted by Gasteiger charge is -2.21. The molecule has 0 fully saturated rings. The van der Waals surface area contributed by atoms with Crippen molar-refractivity contribution in [1.82, 2.24) is 9.55 Å². The van der Waals surface area contributed by atoms with Gasteiger partial charge in [0.2, 0.25) is 0 Å². The normalized spacial score (nSPS) is 11.9. The molecule has 0 aromatic carbocycles. The zero-order chi connectivity index (χ0) is 14.4. The summed E-state index contributed by atoms with van der Waals surface area (Å²) in [5.74, 6) is 2.20. The van der Waals surface area contributed by atoms with E-state index in [0.717, 1.165) is 5.82 Å². The number of hydrogen-bond acceptors (Lipinski definition) is 1. The van der Waals surface area contributed by atoms with E-state index in [1.807, 2.05) is 13.1 Å². The molecule has 0 atom stereocenters. The molecule has 0 aliphatic rings. The highest BCUT2D eigenvalue weighted by Gasteiger charge is 2.25. The van der Waals surface area contributed by atoms with Crippen molar-refractivity contribution in [1.29, 1.82) is 0 Å². The van der Waals surface area contributed by atoms with Crippen molar-refractivity contribution in [3.63, 3.8) is 0 Å². The van der Waals surface area contributed by atoms with Gasteiger partial charge in [0.15, 0.2) is 5.82 Å². The van der Waals surface area contributed by atoms with Gasteiger partial charge in [-0.25, -0.2) is 9.55 Å². The summed E-state index contributed by atoms with van der Waals surface area (Å²) in [7, 11) is 2.13.